The lowest BCUT2D eigenvalue weighted by atomic mass is 9.76. The fraction of sp³-hybridized carbons (Fsp3) is 0.625. The second kappa shape index (κ2) is 3.87. The van der Waals surface area contributed by atoms with Gasteiger partial charge in [-0.05, 0) is 57.1 Å². The van der Waals surface area contributed by atoms with Crippen molar-refractivity contribution < 1.29 is 9.31 Å². The second-order valence-corrected chi connectivity index (χ2v) is 7.33. The maximum Gasteiger partial charge on any atom is 0.494 e. The number of benzene rings is 1. The molecule has 2 bridgehead atoms. The van der Waals surface area contributed by atoms with Crippen molar-refractivity contribution in [1.82, 2.24) is 5.32 Å². The number of hydrogen-bond donors (Lipinski definition) is 1. The summed E-state index contributed by atoms with van der Waals surface area (Å²) in [6.45, 7) is 8.40. The van der Waals surface area contributed by atoms with Crippen molar-refractivity contribution in [3.8, 4) is 0 Å². The maximum absolute atomic E-state index is 6.15. The van der Waals surface area contributed by atoms with E-state index in [1.165, 1.54) is 24.0 Å². The Kier molecular flexibility index (Phi) is 2.49. The molecular formula is C16H22BNO2. The van der Waals surface area contributed by atoms with E-state index in [0.717, 1.165) is 5.46 Å². The lowest BCUT2D eigenvalue weighted by molar-refractivity contribution is 0.00578. The molecule has 2 fully saturated rings. The molecule has 20 heavy (non-hydrogen) atoms. The molecule has 3 aliphatic rings. The SMILES string of the molecule is CC1(C)OB(c2ccc3c(c2)C2CCC3N2)OC1(C)C. The number of fused-ring (bicyclic) bond motifs is 5. The Hall–Kier alpha value is -0.835. The lowest BCUT2D eigenvalue weighted by Gasteiger charge is -2.32. The molecule has 2 unspecified atom stereocenters. The summed E-state index contributed by atoms with van der Waals surface area (Å²) in [5, 5.41) is 3.66. The molecule has 3 heterocycles. The Morgan fingerprint density at radius 1 is 1.00 bits per heavy atom. The fourth-order valence-corrected chi connectivity index (χ4v) is 3.57. The number of hydrogen-bond acceptors (Lipinski definition) is 3. The van der Waals surface area contributed by atoms with E-state index in [-0.39, 0.29) is 18.3 Å². The van der Waals surface area contributed by atoms with Gasteiger partial charge in [0.2, 0.25) is 0 Å². The van der Waals surface area contributed by atoms with Gasteiger partial charge in [-0.15, -0.1) is 0 Å². The minimum Gasteiger partial charge on any atom is -0.399 e. The molecule has 0 aromatic heterocycles. The van der Waals surface area contributed by atoms with Crippen molar-refractivity contribution in [2.24, 2.45) is 0 Å². The van der Waals surface area contributed by atoms with E-state index in [0.29, 0.717) is 12.1 Å². The van der Waals surface area contributed by atoms with Crippen molar-refractivity contribution in [2.45, 2.75) is 63.8 Å². The molecule has 3 aliphatic heterocycles. The van der Waals surface area contributed by atoms with E-state index in [2.05, 4.69) is 51.2 Å². The van der Waals surface area contributed by atoms with Crippen molar-refractivity contribution in [3.63, 3.8) is 0 Å². The number of nitrogens with one attached hydrogen (secondary N) is 1. The lowest BCUT2D eigenvalue weighted by Crippen LogP contribution is -2.41. The summed E-state index contributed by atoms with van der Waals surface area (Å²) in [5.74, 6) is 0. The van der Waals surface area contributed by atoms with Crippen molar-refractivity contribution >= 4 is 12.6 Å². The van der Waals surface area contributed by atoms with Gasteiger partial charge in [-0.3, -0.25) is 0 Å². The van der Waals surface area contributed by atoms with Gasteiger partial charge in [0.05, 0.1) is 11.2 Å². The zero-order chi connectivity index (χ0) is 14.1. The van der Waals surface area contributed by atoms with Gasteiger partial charge in [-0.1, -0.05) is 18.2 Å². The monoisotopic (exact) mass is 271 g/mol. The van der Waals surface area contributed by atoms with Crippen LogP contribution < -0.4 is 10.8 Å². The maximum atomic E-state index is 6.15. The van der Waals surface area contributed by atoms with E-state index in [1.807, 2.05) is 0 Å². The third kappa shape index (κ3) is 1.65. The average Bonchev–Trinajstić information content (AvgIpc) is 3.02. The molecule has 1 aromatic carbocycles. The van der Waals surface area contributed by atoms with Crippen LogP contribution in [0.15, 0.2) is 18.2 Å². The molecule has 1 N–H and O–H groups in total. The summed E-state index contributed by atoms with van der Waals surface area (Å²) in [5.41, 5.74) is 3.54. The van der Waals surface area contributed by atoms with Gasteiger partial charge in [-0.25, -0.2) is 0 Å². The Morgan fingerprint density at radius 3 is 2.25 bits per heavy atom. The normalized spacial score (nSPS) is 32.7. The summed E-state index contributed by atoms with van der Waals surface area (Å²) in [7, 11) is -0.246. The van der Waals surface area contributed by atoms with E-state index < -0.39 is 0 Å². The highest BCUT2D eigenvalue weighted by Gasteiger charge is 2.52. The predicted molar refractivity (Wildman–Crippen MR) is 80.0 cm³/mol. The first-order valence-corrected chi connectivity index (χ1v) is 7.63. The first kappa shape index (κ1) is 12.9. The summed E-state index contributed by atoms with van der Waals surface area (Å²) in [4.78, 5) is 0. The van der Waals surface area contributed by atoms with Crippen LogP contribution in [0.5, 0.6) is 0 Å². The highest BCUT2D eigenvalue weighted by Crippen LogP contribution is 2.44. The van der Waals surface area contributed by atoms with Crippen LogP contribution in [0.3, 0.4) is 0 Å². The van der Waals surface area contributed by atoms with Gasteiger partial charge in [0, 0.05) is 12.1 Å². The molecule has 3 nitrogen and oxygen atoms in total. The molecule has 4 heteroatoms. The van der Waals surface area contributed by atoms with Crippen LogP contribution in [-0.4, -0.2) is 18.3 Å². The molecule has 0 aliphatic carbocycles. The van der Waals surface area contributed by atoms with Gasteiger partial charge in [0.1, 0.15) is 0 Å². The Labute approximate surface area is 121 Å². The minimum atomic E-state index is -0.270. The smallest absolute Gasteiger partial charge is 0.399 e. The molecule has 0 radical (unpaired) electrons. The molecule has 2 saturated heterocycles. The molecule has 2 atom stereocenters. The van der Waals surface area contributed by atoms with Crippen LogP contribution in [0, 0.1) is 0 Å². The van der Waals surface area contributed by atoms with Crippen LogP contribution in [0.4, 0.5) is 0 Å². The Balaban J connectivity index is 1.67. The van der Waals surface area contributed by atoms with Gasteiger partial charge in [0.25, 0.3) is 0 Å². The van der Waals surface area contributed by atoms with Crippen LogP contribution >= 0.6 is 0 Å². The predicted octanol–water partition coefficient (Wildman–Crippen LogP) is 2.47. The highest BCUT2D eigenvalue weighted by molar-refractivity contribution is 6.62. The number of rotatable bonds is 1. The van der Waals surface area contributed by atoms with Crippen molar-refractivity contribution in [2.75, 3.05) is 0 Å². The standard InChI is InChI=1S/C16H22BNO2/c1-15(2)16(3,4)20-17(19-15)10-5-6-11-12(9-10)14-8-7-13(11)18-14/h5-6,9,13-14,18H,7-8H2,1-4H3. The summed E-state index contributed by atoms with van der Waals surface area (Å²) < 4.78 is 12.3. The van der Waals surface area contributed by atoms with Gasteiger partial charge < -0.3 is 14.6 Å². The Bertz CT molecular complexity index is 554. The Morgan fingerprint density at radius 2 is 1.60 bits per heavy atom. The van der Waals surface area contributed by atoms with Crippen LogP contribution in [0.2, 0.25) is 0 Å². The largest absolute Gasteiger partial charge is 0.494 e. The van der Waals surface area contributed by atoms with Crippen molar-refractivity contribution in [3.05, 3.63) is 29.3 Å². The van der Waals surface area contributed by atoms with Gasteiger partial charge in [-0.2, -0.15) is 0 Å². The van der Waals surface area contributed by atoms with Crippen molar-refractivity contribution in [1.29, 1.82) is 0 Å². The zero-order valence-corrected chi connectivity index (χ0v) is 12.7. The van der Waals surface area contributed by atoms with Crippen LogP contribution in [-0.2, 0) is 9.31 Å². The summed E-state index contributed by atoms with van der Waals surface area (Å²) >= 11 is 0. The van der Waals surface area contributed by atoms with Crippen LogP contribution in [0.1, 0.15) is 63.7 Å². The van der Waals surface area contributed by atoms with E-state index in [1.54, 1.807) is 0 Å². The third-order valence-corrected chi connectivity index (χ3v) is 5.53. The molecule has 4 rings (SSSR count). The van der Waals surface area contributed by atoms with E-state index in [9.17, 15) is 0 Å². The van der Waals surface area contributed by atoms with Gasteiger partial charge >= 0.3 is 7.12 Å². The third-order valence-electron chi connectivity index (χ3n) is 5.53. The first-order chi connectivity index (χ1) is 9.37. The first-order valence-electron chi connectivity index (χ1n) is 7.63. The minimum absolute atomic E-state index is 0.246. The summed E-state index contributed by atoms with van der Waals surface area (Å²) in [6, 6.07) is 7.82. The second-order valence-electron chi connectivity index (χ2n) is 7.33. The summed E-state index contributed by atoms with van der Waals surface area (Å²) in [6.07, 6.45) is 2.53. The molecule has 1 aromatic rings. The average molecular weight is 271 g/mol. The molecular weight excluding hydrogens is 249 g/mol. The van der Waals surface area contributed by atoms with E-state index in [4.69, 9.17) is 9.31 Å². The highest BCUT2D eigenvalue weighted by atomic mass is 16.7. The van der Waals surface area contributed by atoms with E-state index >= 15 is 0 Å². The molecule has 0 spiro atoms. The van der Waals surface area contributed by atoms with Crippen LogP contribution in [0.25, 0.3) is 0 Å². The fourth-order valence-electron chi connectivity index (χ4n) is 3.57. The topological polar surface area (TPSA) is 30.5 Å². The molecule has 0 amide bonds. The molecule has 106 valence electrons. The zero-order valence-electron chi connectivity index (χ0n) is 12.7. The molecule has 0 saturated carbocycles. The quantitative estimate of drug-likeness (QED) is 0.796. The van der Waals surface area contributed by atoms with Gasteiger partial charge in [0.15, 0.2) is 0 Å².